The summed E-state index contributed by atoms with van der Waals surface area (Å²) in [6.07, 6.45) is 79.6. The minimum absolute atomic E-state index is 0. The number of carbonyl (C=O) groups is 8. The third-order valence-corrected chi connectivity index (χ3v) is 16.3. The van der Waals surface area contributed by atoms with Gasteiger partial charge in [-0.05, 0) is 128 Å². The van der Waals surface area contributed by atoms with Crippen LogP contribution in [-0.2, 0) is 120 Å². The summed E-state index contributed by atoms with van der Waals surface area (Å²) in [6, 6.07) is 0. The Hall–Kier alpha value is -2.11. The molecule has 0 fully saturated rings. The number of carbonyl (C=O) groups excluding carboxylic acids is 8. The summed E-state index contributed by atoms with van der Waals surface area (Å²) in [7, 11) is 0. The van der Waals surface area contributed by atoms with Gasteiger partial charge in [-0.25, -0.2) is 0 Å². The number of aliphatic carboxylic acids is 8. The number of unbranched alkanes of at least 4 members (excludes halogenated alkanes) is 50. The number of carboxylic acid groups (broad SMARTS) is 8. The first-order chi connectivity index (χ1) is 46.3. The van der Waals surface area contributed by atoms with Gasteiger partial charge in [0, 0.05) is 47.8 Å². The molecule has 16 nitrogen and oxygen atoms in total. The van der Waals surface area contributed by atoms with Crippen LogP contribution in [0.25, 0.3) is 0 Å². The van der Waals surface area contributed by atoms with Gasteiger partial charge < -0.3 is 79.2 Å². The van der Waals surface area contributed by atoms with Crippen LogP contribution in [0.2, 0.25) is 0 Å². The third kappa shape index (κ3) is 150. The Bertz CT molecular complexity index is 1590. The van der Waals surface area contributed by atoms with Crippen molar-refractivity contribution in [3.8, 4) is 0 Å². The Morgan fingerprint density at radius 2 is 0.260 bits per heavy atom. The van der Waals surface area contributed by atoms with Gasteiger partial charge in [-0.1, -0.05) is 335 Å². The summed E-state index contributed by atoms with van der Waals surface area (Å²) < 4.78 is 0. The van der Waals surface area contributed by atoms with Crippen LogP contribution >= 0.6 is 0 Å². The molecule has 0 aromatic heterocycles. The molecule has 0 spiro atoms. The molecular weight excluding hydrogens is 1640 g/mol. The smallest absolute Gasteiger partial charge is 0.550 e. The number of rotatable bonds is 68. The fraction of sp³-hybridized carbons (Fsp3) is 0.850. The average Bonchev–Trinajstić information content (AvgIpc) is 3.78. The van der Waals surface area contributed by atoms with Crippen molar-refractivity contribution in [2.75, 3.05) is 0 Å². The molecule has 0 aromatic carbocycles. The Kier molecular flexibility index (Phi) is 131. The molecule has 0 bridgehead atoms. The fourth-order valence-corrected chi connectivity index (χ4v) is 10.4. The third-order valence-electron chi connectivity index (χ3n) is 16.3. The topological polar surface area (TPSA) is 321 Å². The Morgan fingerprint density at radius 1 is 0.160 bits per heavy atom. The standard InChI is InChI=1S/2C18H36O2.2C18H34O2.2C4H6O4.4Pd/c4*1-2-3-4-5-6-7-8-9-10-11-12-13-14-15-16-17-18(19)20;2*5-3(6)1-2-4(7)8;;;;/h2*2-17H2,1H3,(H,19,20);2*9-10H,2-8,11-17H2,1H3,(H,19,20);2*1-2H2,(H,5,6)(H,7,8);;;;/q;;;;;;4*+2/p-8/b;;2*10-9-;;;;;;. The normalized spacial score (nSPS) is 10.2. The van der Waals surface area contributed by atoms with E-state index in [9.17, 15) is 79.2 Å². The van der Waals surface area contributed by atoms with Crippen molar-refractivity contribution in [3.63, 3.8) is 0 Å². The second kappa shape index (κ2) is 110. The largest absolute Gasteiger partial charge is 2.00 e. The predicted octanol–water partition coefficient (Wildman–Crippen LogP) is 14.1. The fourth-order valence-electron chi connectivity index (χ4n) is 10.4. The minimum Gasteiger partial charge on any atom is -0.550 e. The first kappa shape index (κ1) is 119. The van der Waals surface area contributed by atoms with Crippen molar-refractivity contribution in [1.29, 1.82) is 0 Å². The maximum atomic E-state index is 10.2. The maximum absolute atomic E-state index is 10.2. The van der Waals surface area contributed by atoms with Crippen LogP contribution in [-0.4, -0.2) is 47.8 Å². The zero-order valence-electron chi connectivity index (χ0n) is 63.4. The second-order valence-corrected chi connectivity index (χ2v) is 26.0. The molecule has 0 aromatic rings. The van der Waals surface area contributed by atoms with E-state index in [4.69, 9.17) is 0 Å². The van der Waals surface area contributed by atoms with E-state index in [2.05, 4.69) is 52.0 Å². The molecule has 0 rings (SSSR count). The van der Waals surface area contributed by atoms with Crippen LogP contribution in [0, 0.1) is 0 Å². The van der Waals surface area contributed by atoms with Crippen LogP contribution in [0.5, 0.6) is 0 Å². The molecule has 0 amide bonds. The van der Waals surface area contributed by atoms with Crippen molar-refractivity contribution in [3.05, 3.63) is 24.3 Å². The Balaban J connectivity index is -0.000000124. The van der Waals surface area contributed by atoms with Gasteiger partial charge in [0.05, 0.1) is 0 Å². The van der Waals surface area contributed by atoms with Crippen molar-refractivity contribution in [1.82, 2.24) is 0 Å². The van der Waals surface area contributed by atoms with Crippen molar-refractivity contribution < 1.29 is 161 Å². The van der Waals surface area contributed by atoms with Crippen LogP contribution in [0.4, 0.5) is 0 Å². The van der Waals surface area contributed by atoms with E-state index in [0.29, 0.717) is 0 Å². The summed E-state index contributed by atoms with van der Waals surface area (Å²) >= 11 is 0. The SMILES string of the molecule is CCCCCCCC/C=C\CCCCCCCC(=O)[O-].CCCCCCCC/C=C\CCCCCCCC(=O)[O-].CCCCCCCCCCCCCCCCCC(=O)[O-].CCCCCCCCCCCCCCCCCC(=O)[O-].O=C([O-])CCC(=O)[O-].O=C([O-])CCC(=O)[O-].[Pd+2].[Pd+2].[Pd+2].[Pd+2]. The number of carboxylic acids is 8. The molecule has 600 valence electrons. The Morgan fingerprint density at radius 3 is 0.370 bits per heavy atom. The predicted molar refractivity (Wildman–Crippen MR) is 377 cm³/mol. The van der Waals surface area contributed by atoms with Gasteiger partial charge in [-0.3, -0.25) is 0 Å². The van der Waals surface area contributed by atoms with E-state index in [-0.39, 0.29) is 107 Å². The van der Waals surface area contributed by atoms with Gasteiger partial charge in [-0.15, -0.1) is 0 Å². The summed E-state index contributed by atoms with van der Waals surface area (Å²) in [5.41, 5.74) is 0. The van der Waals surface area contributed by atoms with Gasteiger partial charge in [0.1, 0.15) is 0 Å². The molecule has 0 saturated heterocycles. The number of hydrogen-bond donors (Lipinski definition) is 0. The Labute approximate surface area is 666 Å². The van der Waals surface area contributed by atoms with Crippen molar-refractivity contribution in [2.24, 2.45) is 0 Å². The van der Waals surface area contributed by atoms with E-state index in [0.717, 1.165) is 64.2 Å². The summed E-state index contributed by atoms with van der Waals surface area (Å²) in [4.78, 5) is 78.9. The number of hydrogen-bond acceptors (Lipinski definition) is 16. The zero-order chi connectivity index (χ0) is 72.7. The molecule has 0 aliphatic carbocycles. The first-order valence-electron chi connectivity index (χ1n) is 39.2. The van der Waals surface area contributed by atoms with Crippen LogP contribution in [0.3, 0.4) is 0 Å². The molecular formula is C80H144O16Pd4. The van der Waals surface area contributed by atoms with E-state index in [1.54, 1.807) is 0 Å². The first-order valence-corrected chi connectivity index (χ1v) is 39.2. The average molecular weight is 1790 g/mol. The molecule has 0 radical (unpaired) electrons. The van der Waals surface area contributed by atoms with Gasteiger partial charge in [0.25, 0.3) is 0 Å². The summed E-state index contributed by atoms with van der Waals surface area (Å²) in [5, 5.41) is 78.9. The molecule has 0 aliphatic rings. The van der Waals surface area contributed by atoms with Gasteiger partial charge in [0.2, 0.25) is 0 Å². The summed E-state index contributed by atoms with van der Waals surface area (Å²) in [6.45, 7) is 9.05. The molecule has 0 heterocycles. The van der Waals surface area contributed by atoms with Gasteiger partial charge in [-0.2, -0.15) is 0 Å². The molecule has 0 unspecified atom stereocenters. The molecule has 100 heavy (non-hydrogen) atoms. The molecule has 0 atom stereocenters. The van der Waals surface area contributed by atoms with Crippen LogP contribution in [0.1, 0.15) is 439 Å². The van der Waals surface area contributed by atoms with Crippen LogP contribution in [0.15, 0.2) is 24.3 Å². The molecule has 0 aliphatic heterocycles. The van der Waals surface area contributed by atoms with Gasteiger partial charge >= 0.3 is 81.7 Å². The van der Waals surface area contributed by atoms with E-state index < -0.39 is 73.4 Å². The zero-order valence-corrected chi connectivity index (χ0v) is 69.6. The van der Waals surface area contributed by atoms with E-state index >= 15 is 0 Å². The molecule has 0 saturated carbocycles. The van der Waals surface area contributed by atoms with Crippen LogP contribution < -0.4 is 40.9 Å². The van der Waals surface area contributed by atoms with E-state index in [1.165, 1.54) is 295 Å². The minimum atomic E-state index is -1.37. The van der Waals surface area contributed by atoms with E-state index in [1.807, 2.05) is 0 Å². The van der Waals surface area contributed by atoms with Gasteiger partial charge in [0.15, 0.2) is 0 Å². The molecule has 0 N–H and O–H groups in total. The summed E-state index contributed by atoms with van der Waals surface area (Å²) in [5.74, 6) is -9.10. The second-order valence-electron chi connectivity index (χ2n) is 26.0. The maximum Gasteiger partial charge on any atom is 2.00 e. The quantitative estimate of drug-likeness (QED) is 0.0310. The molecule has 20 heteroatoms. The monoisotopic (exact) mass is 1780 g/mol. The van der Waals surface area contributed by atoms with Crippen molar-refractivity contribution in [2.45, 2.75) is 439 Å². The number of allylic oxidation sites excluding steroid dienone is 4. The van der Waals surface area contributed by atoms with Crippen molar-refractivity contribution >= 4 is 47.8 Å².